The number of amides is 1. The van der Waals surface area contributed by atoms with Crippen molar-refractivity contribution in [3.8, 4) is 5.75 Å². The van der Waals surface area contributed by atoms with Crippen molar-refractivity contribution < 1.29 is 9.53 Å². The summed E-state index contributed by atoms with van der Waals surface area (Å²) in [5.41, 5.74) is 2.17. The molecule has 1 aromatic carbocycles. The van der Waals surface area contributed by atoms with E-state index in [1.807, 2.05) is 25.1 Å². The molecule has 0 bridgehead atoms. The summed E-state index contributed by atoms with van der Waals surface area (Å²) in [5, 5.41) is 2.91. The Labute approximate surface area is 161 Å². The zero-order valence-electron chi connectivity index (χ0n) is 16.3. The van der Waals surface area contributed by atoms with Gasteiger partial charge in [-0.25, -0.2) is 0 Å². The lowest BCUT2D eigenvalue weighted by molar-refractivity contribution is 0.102. The van der Waals surface area contributed by atoms with Gasteiger partial charge in [-0.1, -0.05) is 6.07 Å². The van der Waals surface area contributed by atoms with Crippen LogP contribution in [0.2, 0.25) is 0 Å². The van der Waals surface area contributed by atoms with Gasteiger partial charge in [-0.2, -0.15) is 0 Å². The first-order valence-electron chi connectivity index (χ1n) is 9.56. The molecule has 1 aliphatic heterocycles. The number of hydrogen-bond donors (Lipinski definition) is 1. The van der Waals surface area contributed by atoms with Crippen LogP contribution in [0.4, 0.5) is 11.4 Å². The average Bonchev–Trinajstić information content (AvgIpc) is 2.70. The minimum absolute atomic E-state index is 0.241. The van der Waals surface area contributed by atoms with Gasteiger partial charge in [0.2, 0.25) is 0 Å². The molecule has 1 saturated heterocycles. The van der Waals surface area contributed by atoms with Gasteiger partial charge in [0.25, 0.3) is 5.91 Å². The fraction of sp³-hybridized carbons (Fsp3) is 0.429. The predicted octanol–water partition coefficient (Wildman–Crippen LogP) is 3.26. The van der Waals surface area contributed by atoms with E-state index in [2.05, 4.69) is 33.9 Å². The topological polar surface area (TPSA) is 57.7 Å². The van der Waals surface area contributed by atoms with Crippen LogP contribution in [0, 0.1) is 0 Å². The average molecular weight is 368 g/mol. The van der Waals surface area contributed by atoms with Gasteiger partial charge in [-0.3, -0.25) is 14.7 Å². The summed E-state index contributed by atoms with van der Waals surface area (Å²) in [7, 11) is 0. The summed E-state index contributed by atoms with van der Waals surface area (Å²) >= 11 is 0. The lowest BCUT2D eigenvalue weighted by Crippen LogP contribution is -2.48. The molecule has 1 aliphatic rings. The van der Waals surface area contributed by atoms with Gasteiger partial charge >= 0.3 is 0 Å². The molecular weight excluding hydrogens is 340 g/mol. The number of nitrogens with one attached hydrogen (secondary N) is 1. The van der Waals surface area contributed by atoms with Gasteiger partial charge in [-0.05, 0) is 45.0 Å². The first kappa shape index (κ1) is 19.2. The summed E-state index contributed by atoms with van der Waals surface area (Å²) in [5.74, 6) is 0.445. The van der Waals surface area contributed by atoms with E-state index in [1.54, 1.807) is 24.4 Å². The molecule has 1 N–H and O–H groups in total. The fourth-order valence-corrected chi connectivity index (χ4v) is 3.27. The van der Waals surface area contributed by atoms with Crippen LogP contribution in [0.25, 0.3) is 0 Å². The Morgan fingerprint density at radius 1 is 1.19 bits per heavy atom. The number of benzene rings is 1. The summed E-state index contributed by atoms with van der Waals surface area (Å²) in [6, 6.07) is 11.8. The molecule has 0 unspecified atom stereocenters. The summed E-state index contributed by atoms with van der Waals surface area (Å²) in [6.45, 7) is 11.0. The molecule has 27 heavy (non-hydrogen) atoms. The number of nitrogens with zero attached hydrogens (tertiary/aromatic N) is 3. The zero-order chi connectivity index (χ0) is 19.2. The number of pyridine rings is 1. The molecule has 1 amide bonds. The molecule has 144 valence electrons. The predicted molar refractivity (Wildman–Crippen MR) is 109 cm³/mol. The Bertz CT molecular complexity index is 756. The molecule has 6 heteroatoms. The van der Waals surface area contributed by atoms with Crippen LogP contribution < -0.4 is 15.0 Å². The van der Waals surface area contributed by atoms with Crippen molar-refractivity contribution in [2.75, 3.05) is 43.0 Å². The highest BCUT2D eigenvalue weighted by atomic mass is 16.5. The smallest absolute Gasteiger partial charge is 0.274 e. The van der Waals surface area contributed by atoms with Crippen molar-refractivity contribution in [2.45, 2.75) is 26.8 Å². The maximum absolute atomic E-state index is 12.4. The number of anilines is 2. The number of aromatic nitrogens is 1. The van der Waals surface area contributed by atoms with Crippen molar-refractivity contribution >= 4 is 17.3 Å². The molecule has 0 radical (unpaired) electrons. The highest BCUT2D eigenvalue weighted by molar-refractivity contribution is 6.03. The lowest BCUT2D eigenvalue weighted by Gasteiger charge is -2.38. The first-order chi connectivity index (χ1) is 13.1. The zero-order valence-corrected chi connectivity index (χ0v) is 16.3. The van der Waals surface area contributed by atoms with E-state index in [9.17, 15) is 4.79 Å². The van der Waals surface area contributed by atoms with Crippen molar-refractivity contribution in [3.63, 3.8) is 0 Å². The number of hydrogen-bond acceptors (Lipinski definition) is 5. The Kier molecular flexibility index (Phi) is 6.29. The van der Waals surface area contributed by atoms with Gasteiger partial charge in [0.05, 0.1) is 12.3 Å². The Balaban J connectivity index is 1.74. The third-order valence-electron chi connectivity index (χ3n) is 4.82. The number of rotatable bonds is 6. The lowest BCUT2D eigenvalue weighted by atomic mass is 10.2. The molecule has 2 heterocycles. The Morgan fingerprint density at radius 3 is 2.59 bits per heavy atom. The minimum atomic E-state index is -0.241. The van der Waals surface area contributed by atoms with Gasteiger partial charge in [0.15, 0.2) is 0 Å². The Morgan fingerprint density at radius 2 is 1.96 bits per heavy atom. The molecular formula is C21H28N4O2. The molecule has 6 nitrogen and oxygen atoms in total. The minimum Gasteiger partial charge on any atom is -0.492 e. The van der Waals surface area contributed by atoms with Crippen molar-refractivity contribution in [1.29, 1.82) is 0 Å². The number of ether oxygens (including phenoxy) is 1. The Hall–Kier alpha value is -2.60. The molecule has 0 spiro atoms. The van der Waals surface area contributed by atoms with E-state index in [0.29, 0.717) is 29.8 Å². The second-order valence-corrected chi connectivity index (χ2v) is 6.90. The molecule has 0 atom stereocenters. The number of carbonyl (C=O) groups is 1. The normalized spacial score (nSPS) is 15.0. The quantitative estimate of drug-likeness (QED) is 0.848. The van der Waals surface area contributed by atoms with Crippen LogP contribution in [0.5, 0.6) is 5.75 Å². The van der Waals surface area contributed by atoms with E-state index < -0.39 is 0 Å². The number of carbonyl (C=O) groups excluding carboxylic acids is 1. The van der Waals surface area contributed by atoms with Crippen molar-refractivity contribution in [3.05, 3.63) is 48.3 Å². The fourth-order valence-electron chi connectivity index (χ4n) is 3.27. The summed E-state index contributed by atoms with van der Waals surface area (Å²) < 4.78 is 5.79. The molecule has 0 saturated carbocycles. The van der Waals surface area contributed by atoms with Gasteiger partial charge in [0, 0.05) is 50.2 Å². The molecule has 0 aliphatic carbocycles. The second kappa shape index (κ2) is 8.86. The maximum Gasteiger partial charge on any atom is 0.274 e. The van der Waals surface area contributed by atoms with Gasteiger partial charge in [-0.15, -0.1) is 0 Å². The molecule has 1 fully saturated rings. The van der Waals surface area contributed by atoms with Crippen molar-refractivity contribution in [1.82, 2.24) is 9.88 Å². The van der Waals surface area contributed by atoms with Crippen LogP contribution in [0.3, 0.4) is 0 Å². The van der Waals surface area contributed by atoms with Crippen LogP contribution in [0.1, 0.15) is 31.3 Å². The van der Waals surface area contributed by atoms with Crippen LogP contribution in [0.15, 0.2) is 42.6 Å². The maximum atomic E-state index is 12.4. The summed E-state index contributed by atoms with van der Waals surface area (Å²) in [6.07, 6.45) is 1.61. The van der Waals surface area contributed by atoms with E-state index in [0.717, 1.165) is 31.9 Å². The van der Waals surface area contributed by atoms with Crippen LogP contribution in [-0.4, -0.2) is 54.6 Å². The largest absolute Gasteiger partial charge is 0.492 e. The molecule has 1 aromatic heterocycles. The van der Waals surface area contributed by atoms with Gasteiger partial charge < -0.3 is 15.0 Å². The number of piperazine rings is 1. The standard InChI is InChI=1S/C21H28N4O2/c1-4-27-20-15-17(25-13-11-24(12-14-25)16(2)3)8-9-18(20)23-21(26)19-7-5-6-10-22-19/h5-10,15-16H,4,11-14H2,1-3H3,(H,23,26). The molecule has 2 aromatic rings. The third kappa shape index (κ3) is 4.77. The third-order valence-corrected chi connectivity index (χ3v) is 4.82. The van der Waals surface area contributed by atoms with E-state index >= 15 is 0 Å². The van der Waals surface area contributed by atoms with Crippen LogP contribution in [-0.2, 0) is 0 Å². The molecule has 3 rings (SSSR count). The van der Waals surface area contributed by atoms with Gasteiger partial charge in [0.1, 0.15) is 11.4 Å². The monoisotopic (exact) mass is 368 g/mol. The van der Waals surface area contributed by atoms with Crippen molar-refractivity contribution in [2.24, 2.45) is 0 Å². The second-order valence-electron chi connectivity index (χ2n) is 6.90. The van der Waals surface area contributed by atoms with E-state index in [1.165, 1.54) is 0 Å². The van der Waals surface area contributed by atoms with E-state index in [-0.39, 0.29) is 5.91 Å². The first-order valence-corrected chi connectivity index (χ1v) is 9.56. The van der Waals surface area contributed by atoms with Crippen LogP contribution >= 0.6 is 0 Å². The summed E-state index contributed by atoms with van der Waals surface area (Å²) in [4.78, 5) is 21.4. The SMILES string of the molecule is CCOc1cc(N2CCN(C(C)C)CC2)ccc1NC(=O)c1ccccn1. The van der Waals surface area contributed by atoms with E-state index in [4.69, 9.17) is 4.74 Å². The highest BCUT2D eigenvalue weighted by Crippen LogP contribution is 2.31. The highest BCUT2D eigenvalue weighted by Gasteiger charge is 2.20.